The number of nitrogens with zero attached hydrogens (tertiary/aromatic N) is 1. The minimum absolute atomic E-state index is 0.122. The predicted molar refractivity (Wildman–Crippen MR) is 75.9 cm³/mol. The molecule has 0 saturated carbocycles. The van der Waals surface area contributed by atoms with E-state index in [0.29, 0.717) is 6.54 Å². The monoisotopic (exact) mass is 278 g/mol. The number of pyridine rings is 1. The van der Waals surface area contributed by atoms with Crippen molar-refractivity contribution >= 4 is 6.09 Å². The molecular weight excluding hydrogens is 256 g/mol. The van der Waals surface area contributed by atoms with Crippen LogP contribution in [0.1, 0.15) is 45.7 Å². The Kier molecular flexibility index (Phi) is 4.16. The standard InChI is InChI=1S/C15H22N2O3/c1-10-8-11(9-17-14(18)20-15(2,3)4)13-12(19-10)6-5-7-16-13/h5-7,10-11H,8-9H2,1-4H3,(H,17,18)/t10-,11-/m0/s1. The summed E-state index contributed by atoms with van der Waals surface area (Å²) in [6.45, 7) is 8.07. The van der Waals surface area contributed by atoms with Crippen LogP contribution >= 0.6 is 0 Å². The lowest BCUT2D eigenvalue weighted by Gasteiger charge is -2.29. The van der Waals surface area contributed by atoms with E-state index >= 15 is 0 Å². The average Bonchev–Trinajstić information content (AvgIpc) is 2.33. The number of carbonyl (C=O) groups is 1. The molecule has 1 aromatic rings. The molecule has 0 fully saturated rings. The van der Waals surface area contributed by atoms with Crippen LogP contribution in [0.4, 0.5) is 4.79 Å². The number of aromatic nitrogens is 1. The summed E-state index contributed by atoms with van der Waals surface area (Å²) in [6.07, 6.45) is 2.31. The number of nitrogens with one attached hydrogen (secondary N) is 1. The van der Waals surface area contributed by atoms with E-state index in [-0.39, 0.29) is 12.0 Å². The molecule has 110 valence electrons. The van der Waals surface area contributed by atoms with Gasteiger partial charge in [0.05, 0.1) is 11.8 Å². The molecule has 0 aliphatic carbocycles. The van der Waals surface area contributed by atoms with Crippen LogP contribution < -0.4 is 10.1 Å². The lowest BCUT2D eigenvalue weighted by Crippen LogP contribution is -2.37. The quantitative estimate of drug-likeness (QED) is 0.903. The van der Waals surface area contributed by atoms with Gasteiger partial charge in [-0.1, -0.05) is 0 Å². The molecule has 0 bridgehead atoms. The minimum Gasteiger partial charge on any atom is -0.489 e. The van der Waals surface area contributed by atoms with Crippen molar-refractivity contribution in [3.63, 3.8) is 0 Å². The van der Waals surface area contributed by atoms with Crippen LogP contribution in [0.15, 0.2) is 18.3 Å². The van der Waals surface area contributed by atoms with Crippen LogP contribution in [0.25, 0.3) is 0 Å². The molecule has 0 aromatic carbocycles. The van der Waals surface area contributed by atoms with Crippen LogP contribution in [0.3, 0.4) is 0 Å². The molecular formula is C15H22N2O3. The van der Waals surface area contributed by atoms with Gasteiger partial charge in [0.15, 0.2) is 0 Å². The predicted octanol–water partition coefficient (Wildman–Crippen LogP) is 2.86. The van der Waals surface area contributed by atoms with E-state index in [0.717, 1.165) is 17.9 Å². The minimum atomic E-state index is -0.483. The van der Waals surface area contributed by atoms with Crippen LogP contribution in [0.2, 0.25) is 0 Å². The fourth-order valence-corrected chi connectivity index (χ4v) is 2.29. The maximum Gasteiger partial charge on any atom is 0.407 e. The molecule has 5 nitrogen and oxygen atoms in total. The first-order valence-electron chi connectivity index (χ1n) is 6.93. The fourth-order valence-electron chi connectivity index (χ4n) is 2.29. The van der Waals surface area contributed by atoms with Crippen LogP contribution in [-0.4, -0.2) is 29.3 Å². The highest BCUT2D eigenvalue weighted by Crippen LogP contribution is 2.33. The fraction of sp³-hybridized carbons (Fsp3) is 0.600. The van der Waals surface area contributed by atoms with E-state index in [4.69, 9.17) is 9.47 Å². The number of hydrogen-bond acceptors (Lipinski definition) is 4. The first-order chi connectivity index (χ1) is 9.35. The van der Waals surface area contributed by atoms with E-state index < -0.39 is 11.7 Å². The zero-order chi connectivity index (χ0) is 14.8. The average molecular weight is 278 g/mol. The van der Waals surface area contributed by atoms with Gasteiger partial charge < -0.3 is 14.8 Å². The summed E-state index contributed by atoms with van der Waals surface area (Å²) < 4.78 is 11.0. The molecule has 1 aromatic heterocycles. The summed E-state index contributed by atoms with van der Waals surface area (Å²) in [5, 5.41) is 2.81. The number of hydrogen-bond donors (Lipinski definition) is 1. The van der Waals surface area contributed by atoms with Crippen molar-refractivity contribution in [2.45, 2.75) is 51.7 Å². The maximum absolute atomic E-state index is 11.7. The molecule has 2 heterocycles. The third kappa shape index (κ3) is 3.85. The Hall–Kier alpha value is -1.78. The molecule has 0 saturated heterocycles. The molecule has 1 N–H and O–H groups in total. The van der Waals surface area contributed by atoms with Gasteiger partial charge in [0.1, 0.15) is 11.4 Å². The summed E-state index contributed by atoms with van der Waals surface area (Å²) in [5.74, 6) is 0.963. The summed E-state index contributed by atoms with van der Waals surface area (Å²) in [4.78, 5) is 16.1. The second-order valence-electron chi connectivity index (χ2n) is 6.13. The third-order valence-corrected chi connectivity index (χ3v) is 3.02. The normalized spacial score (nSPS) is 21.6. The molecule has 2 atom stereocenters. The highest BCUT2D eigenvalue weighted by Gasteiger charge is 2.27. The Balaban J connectivity index is 1.98. The Labute approximate surface area is 119 Å². The lowest BCUT2D eigenvalue weighted by atomic mass is 9.94. The number of fused-ring (bicyclic) bond motifs is 1. The van der Waals surface area contributed by atoms with Gasteiger partial charge >= 0.3 is 6.09 Å². The first kappa shape index (κ1) is 14.6. The van der Waals surface area contributed by atoms with Crippen molar-refractivity contribution in [2.24, 2.45) is 0 Å². The Bertz CT molecular complexity index is 482. The summed E-state index contributed by atoms with van der Waals surface area (Å²) >= 11 is 0. The van der Waals surface area contributed by atoms with Gasteiger partial charge in [0.2, 0.25) is 0 Å². The summed E-state index contributed by atoms with van der Waals surface area (Å²) in [6, 6.07) is 3.77. The molecule has 20 heavy (non-hydrogen) atoms. The van der Waals surface area contributed by atoms with Crippen molar-refractivity contribution in [3.8, 4) is 5.75 Å². The molecule has 1 aliphatic heterocycles. The van der Waals surface area contributed by atoms with Crippen molar-refractivity contribution in [1.29, 1.82) is 0 Å². The zero-order valence-corrected chi connectivity index (χ0v) is 12.5. The molecule has 1 amide bonds. The zero-order valence-electron chi connectivity index (χ0n) is 12.5. The maximum atomic E-state index is 11.7. The number of rotatable bonds is 2. The van der Waals surface area contributed by atoms with Gasteiger partial charge in [-0.25, -0.2) is 4.79 Å². The lowest BCUT2D eigenvalue weighted by molar-refractivity contribution is 0.0517. The second kappa shape index (κ2) is 5.69. The number of carbonyl (C=O) groups excluding carboxylic acids is 1. The molecule has 5 heteroatoms. The van der Waals surface area contributed by atoms with Gasteiger partial charge in [-0.3, -0.25) is 4.98 Å². The smallest absolute Gasteiger partial charge is 0.407 e. The Morgan fingerprint density at radius 3 is 3.00 bits per heavy atom. The van der Waals surface area contributed by atoms with Gasteiger partial charge in [0, 0.05) is 18.7 Å². The second-order valence-corrected chi connectivity index (χ2v) is 6.13. The van der Waals surface area contributed by atoms with E-state index in [1.54, 1.807) is 6.20 Å². The van der Waals surface area contributed by atoms with Crippen LogP contribution in [0.5, 0.6) is 5.75 Å². The van der Waals surface area contributed by atoms with Crippen molar-refractivity contribution in [3.05, 3.63) is 24.0 Å². The van der Waals surface area contributed by atoms with E-state index in [9.17, 15) is 4.79 Å². The summed E-state index contributed by atoms with van der Waals surface area (Å²) in [5.41, 5.74) is 0.421. The van der Waals surface area contributed by atoms with E-state index in [1.165, 1.54) is 0 Å². The topological polar surface area (TPSA) is 60.5 Å². The largest absolute Gasteiger partial charge is 0.489 e. The van der Waals surface area contributed by atoms with Crippen LogP contribution in [0, 0.1) is 0 Å². The summed E-state index contributed by atoms with van der Waals surface area (Å²) in [7, 11) is 0. The molecule has 1 aliphatic rings. The number of alkyl carbamates (subject to hydrolysis) is 1. The molecule has 0 radical (unpaired) electrons. The molecule has 2 rings (SSSR count). The van der Waals surface area contributed by atoms with Gasteiger partial charge in [-0.2, -0.15) is 0 Å². The van der Waals surface area contributed by atoms with E-state index in [2.05, 4.69) is 10.3 Å². The van der Waals surface area contributed by atoms with Crippen LogP contribution in [-0.2, 0) is 4.74 Å². The first-order valence-corrected chi connectivity index (χ1v) is 6.93. The van der Waals surface area contributed by atoms with E-state index in [1.807, 2.05) is 39.8 Å². The Morgan fingerprint density at radius 1 is 1.55 bits per heavy atom. The number of amides is 1. The van der Waals surface area contributed by atoms with Gasteiger partial charge in [-0.05, 0) is 46.2 Å². The number of ether oxygens (including phenoxy) is 2. The van der Waals surface area contributed by atoms with Crippen molar-refractivity contribution < 1.29 is 14.3 Å². The highest BCUT2D eigenvalue weighted by molar-refractivity contribution is 5.67. The van der Waals surface area contributed by atoms with Crippen molar-refractivity contribution in [2.75, 3.05) is 6.54 Å². The Morgan fingerprint density at radius 2 is 2.30 bits per heavy atom. The van der Waals surface area contributed by atoms with Gasteiger partial charge in [0.25, 0.3) is 0 Å². The highest BCUT2D eigenvalue weighted by atomic mass is 16.6. The molecule has 0 spiro atoms. The van der Waals surface area contributed by atoms with Crippen molar-refractivity contribution in [1.82, 2.24) is 10.3 Å². The molecule has 0 unspecified atom stereocenters. The SMILES string of the molecule is C[C@H]1C[C@@H](CNC(=O)OC(C)(C)C)c2ncccc2O1. The third-order valence-electron chi connectivity index (χ3n) is 3.02. The van der Waals surface area contributed by atoms with Gasteiger partial charge in [-0.15, -0.1) is 0 Å².